The molecule has 1 aromatic carbocycles. The summed E-state index contributed by atoms with van der Waals surface area (Å²) in [5.41, 5.74) is 0.207. The van der Waals surface area contributed by atoms with Crippen LogP contribution in [0.5, 0.6) is 0 Å². The lowest BCUT2D eigenvalue weighted by molar-refractivity contribution is -0.160. The summed E-state index contributed by atoms with van der Waals surface area (Å²) in [6.45, 7) is 4.70. The SMILES string of the molecule is C=CCOC(C)C(=O)OCC(=O)N(C)Cc1c(F)cccc1Cl. The number of amides is 1. The molecule has 0 fully saturated rings. The molecule has 1 rings (SSSR count). The fraction of sp³-hybridized carbons (Fsp3) is 0.375. The molecule has 0 N–H and O–H groups in total. The number of nitrogens with zero attached hydrogens (tertiary/aromatic N) is 1. The molecule has 7 heteroatoms. The van der Waals surface area contributed by atoms with Gasteiger partial charge >= 0.3 is 5.97 Å². The summed E-state index contributed by atoms with van der Waals surface area (Å²) in [4.78, 5) is 24.8. The fourth-order valence-electron chi connectivity index (χ4n) is 1.65. The highest BCUT2D eigenvalue weighted by molar-refractivity contribution is 6.31. The van der Waals surface area contributed by atoms with Gasteiger partial charge in [0.05, 0.1) is 6.61 Å². The first-order chi connectivity index (χ1) is 10.9. The fourth-order valence-corrected chi connectivity index (χ4v) is 1.87. The van der Waals surface area contributed by atoms with Crippen molar-refractivity contribution >= 4 is 23.5 Å². The highest BCUT2D eigenvalue weighted by Crippen LogP contribution is 2.20. The third-order valence-corrected chi connectivity index (χ3v) is 3.37. The van der Waals surface area contributed by atoms with Crippen LogP contribution in [0.1, 0.15) is 12.5 Å². The van der Waals surface area contributed by atoms with Gasteiger partial charge in [0, 0.05) is 24.2 Å². The average molecular weight is 344 g/mol. The molecule has 126 valence electrons. The molecule has 0 aliphatic heterocycles. The van der Waals surface area contributed by atoms with Crippen molar-refractivity contribution in [3.8, 4) is 0 Å². The maximum atomic E-state index is 13.7. The van der Waals surface area contributed by atoms with Crippen LogP contribution in [0.25, 0.3) is 0 Å². The van der Waals surface area contributed by atoms with Gasteiger partial charge in [-0.2, -0.15) is 0 Å². The zero-order valence-electron chi connectivity index (χ0n) is 13.1. The topological polar surface area (TPSA) is 55.8 Å². The smallest absolute Gasteiger partial charge is 0.335 e. The van der Waals surface area contributed by atoms with Crippen LogP contribution in [0.3, 0.4) is 0 Å². The third kappa shape index (κ3) is 6.00. The van der Waals surface area contributed by atoms with E-state index in [9.17, 15) is 14.0 Å². The van der Waals surface area contributed by atoms with E-state index in [-0.39, 0.29) is 23.7 Å². The van der Waals surface area contributed by atoms with Crippen LogP contribution in [0, 0.1) is 5.82 Å². The van der Waals surface area contributed by atoms with Crippen molar-refractivity contribution in [2.75, 3.05) is 20.3 Å². The molecule has 0 radical (unpaired) electrons. The first-order valence-electron chi connectivity index (χ1n) is 6.92. The Morgan fingerprint density at radius 3 is 2.78 bits per heavy atom. The molecule has 0 aromatic heterocycles. The van der Waals surface area contributed by atoms with Crippen LogP contribution in [-0.2, 0) is 25.6 Å². The standard InChI is InChI=1S/C16H19ClFNO4/c1-4-8-22-11(2)16(21)23-10-15(20)19(3)9-12-13(17)6-5-7-14(12)18/h4-7,11H,1,8-10H2,2-3H3. The quantitative estimate of drug-likeness (QED) is 0.538. The molecule has 0 heterocycles. The lowest BCUT2D eigenvalue weighted by Gasteiger charge is -2.19. The summed E-state index contributed by atoms with van der Waals surface area (Å²) in [5, 5.41) is 0.230. The van der Waals surface area contributed by atoms with E-state index >= 15 is 0 Å². The van der Waals surface area contributed by atoms with E-state index in [0.29, 0.717) is 0 Å². The van der Waals surface area contributed by atoms with Crippen molar-refractivity contribution in [2.24, 2.45) is 0 Å². The summed E-state index contributed by atoms with van der Waals surface area (Å²) in [6.07, 6.45) is 0.702. The van der Waals surface area contributed by atoms with Crippen molar-refractivity contribution in [3.63, 3.8) is 0 Å². The first-order valence-corrected chi connectivity index (χ1v) is 7.30. The Labute approximate surface area is 139 Å². The van der Waals surface area contributed by atoms with Crippen LogP contribution >= 0.6 is 11.6 Å². The molecule has 1 unspecified atom stereocenters. The van der Waals surface area contributed by atoms with Gasteiger partial charge < -0.3 is 14.4 Å². The van der Waals surface area contributed by atoms with Crippen molar-refractivity contribution in [1.82, 2.24) is 4.90 Å². The molecular weight excluding hydrogens is 325 g/mol. The summed E-state index contributed by atoms with van der Waals surface area (Å²) in [5.74, 6) is -1.63. The summed E-state index contributed by atoms with van der Waals surface area (Å²) in [6, 6.07) is 4.28. The number of carbonyl (C=O) groups excluding carboxylic acids is 2. The summed E-state index contributed by atoms with van der Waals surface area (Å²) < 4.78 is 23.6. The van der Waals surface area contributed by atoms with Crippen LogP contribution in [-0.4, -0.2) is 43.1 Å². The molecule has 0 aliphatic rings. The molecule has 1 amide bonds. The predicted octanol–water partition coefficient (Wildman–Crippen LogP) is 2.57. The molecule has 23 heavy (non-hydrogen) atoms. The van der Waals surface area contributed by atoms with Crippen LogP contribution in [0.2, 0.25) is 5.02 Å². The number of hydrogen-bond acceptors (Lipinski definition) is 4. The summed E-state index contributed by atoms with van der Waals surface area (Å²) in [7, 11) is 1.47. The zero-order chi connectivity index (χ0) is 17.4. The van der Waals surface area contributed by atoms with Crippen LogP contribution < -0.4 is 0 Å². The highest BCUT2D eigenvalue weighted by Gasteiger charge is 2.19. The van der Waals surface area contributed by atoms with Gasteiger partial charge in [0.25, 0.3) is 5.91 Å². The van der Waals surface area contributed by atoms with E-state index in [2.05, 4.69) is 6.58 Å². The van der Waals surface area contributed by atoms with Gasteiger partial charge in [-0.15, -0.1) is 6.58 Å². The van der Waals surface area contributed by atoms with Gasteiger partial charge in [-0.05, 0) is 19.1 Å². The van der Waals surface area contributed by atoms with Crippen molar-refractivity contribution in [1.29, 1.82) is 0 Å². The van der Waals surface area contributed by atoms with Crippen molar-refractivity contribution < 1.29 is 23.5 Å². The minimum atomic E-state index is -0.799. The minimum absolute atomic E-state index is 0.0234. The number of hydrogen-bond donors (Lipinski definition) is 0. The third-order valence-electron chi connectivity index (χ3n) is 3.02. The molecule has 5 nitrogen and oxygen atoms in total. The Morgan fingerprint density at radius 2 is 2.17 bits per heavy atom. The summed E-state index contributed by atoms with van der Waals surface area (Å²) >= 11 is 5.91. The molecular formula is C16H19ClFNO4. The maximum Gasteiger partial charge on any atom is 0.335 e. The van der Waals surface area contributed by atoms with Gasteiger partial charge in [-0.3, -0.25) is 4.79 Å². The number of likely N-dealkylation sites (N-methyl/N-ethyl adjacent to an activating group) is 1. The second kappa shape index (κ2) is 9.27. The molecule has 0 bridgehead atoms. The molecule has 1 aromatic rings. The van der Waals surface area contributed by atoms with Gasteiger partial charge in [0.1, 0.15) is 5.82 Å². The average Bonchev–Trinajstić information content (AvgIpc) is 2.53. The molecule has 0 aliphatic carbocycles. The zero-order valence-corrected chi connectivity index (χ0v) is 13.8. The van der Waals surface area contributed by atoms with E-state index in [0.717, 1.165) is 0 Å². The van der Waals surface area contributed by atoms with Crippen molar-refractivity contribution in [3.05, 3.63) is 47.3 Å². The van der Waals surface area contributed by atoms with Gasteiger partial charge in [-0.1, -0.05) is 23.7 Å². The number of ether oxygens (including phenoxy) is 2. The normalized spacial score (nSPS) is 11.7. The monoisotopic (exact) mass is 343 g/mol. The van der Waals surface area contributed by atoms with Gasteiger partial charge in [-0.25, -0.2) is 9.18 Å². The Hall–Kier alpha value is -1.92. The van der Waals surface area contributed by atoms with Crippen LogP contribution in [0.15, 0.2) is 30.9 Å². The molecule has 0 spiro atoms. The van der Waals surface area contributed by atoms with E-state index in [1.165, 1.54) is 43.1 Å². The predicted molar refractivity (Wildman–Crippen MR) is 84.5 cm³/mol. The van der Waals surface area contributed by atoms with Crippen molar-refractivity contribution in [2.45, 2.75) is 19.6 Å². The largest absolute Gasteiger partial charge is 0.454 e. The van der Waals surface area contributed by atoms with Gasteiger partial charge in [0.15, 0.2) is 12.7 Å². The number of carbonyl (C=O) groups is 2. The Balaban J connectivity index is 2.51. The molecule has 0 saturated heterocycles. The Morgan fingerprint density at radius 1 is 1.48 bits per heavy atom. The van der Waals surface area contributed by atoms with E-state index in [1.54, 1.807) is 0 Å². The lowest BCUT2D eigenvalue weighted by atomic mass is 10.2. The van der Waals surface area contributed by atoms with Crippen LogP contribution in [0.4, 0.5) is 4.39 Å². The van der Waals surface area contributed by atoms with E-state index in [4.69, 9.17) is 21.1 Å². The number of benzene rings is 1. The van der Waals surface area contributed by atoms with Gasteiger partial charge in [0.2, 0.25) is 0 Å². The molecule has 0 saturated carbocycles. The number of esters is 1. The second-order valence-corrected chi connectivity index (χ2v) is 5.23. The second-order valence-electron chi connectivity index (χ2n) is 4.82. The van der Waals surface area contributed by atoms with E-state index in [1.807, 2.05) is 0 Å². The maximum absolute atomic E-state index is 13.7. The Bertz CT molecular complexity index is 559. The first kappa shape index (κ1) is 19.1. The molecule has 1 atom stereocenters. The van der Waals surface area contributed by atoms with E-state index < -0.39 is 30.4 Å². The number of rotatable bonds is 8. The highest BCUT2D eigenvalue weighted by atomic mass is 35.5. The lowest BCUT2D eigenvalue weighted by Crippen LogP contribution is -2.33. The number of halogens is 2. The Kier molecular flexibility index (Phi) is 7.71. The minimum Gasteiger partial charge on any atom is -0.454 e.